The number of benzene rings is 1. The van der Waals surface area contributed by atoms with E-state index in [1.165, 1.54) is 5.56 Å². The standard InChI is InChI=1S/C18H22ClN3/c1-15-10-11-21(18-9-5-8-17(19)20-18)12-13-22(15)14-16-6-3-2-4-7-16/h2-9,15H,10-14H2,1H3. The van der Waals surface area contributed by atoms with Crippen molar-refractivity contribution in [2.75, 3.05) is 24.5 Å². The van der Waals surface area contributed by atoms with E-state index in [0.29, 0.717) is 11.2 Å². The van der Waals surface area contributed by atoms with Crippen molar-refractivity contribution in [3.8, 4) is 0 Å². The maximum absolute atomic E-state index is 6.02. The molecule has 0 aliphatic carbocycles. The first-order valence-corrected chi connectivity index (χ1v) is 8.25. The van der Waals surface area contributed by atoms with E-state index in [-0.39, 0.29) is 0 Å². The lowest BCUT2D eigenvalue weighted by Crippen LogP contribution is -2.34. The van der Waals surface area contributed by atoms with Crippen molar-refractivity contribution in [2.24, 2.45) is 0 Å². The summed E-state index contributed by atoms with van der Waals surface area (Å²) in [5.74, 6) is 0.987. The molecule has 0 spiro atoms. The second-order valence-corrected chi connectivity index (χ2v) is 6.29. The van der Waals surface area contributed by atoms with Crippen LogP contribution in [0.3, 0.4) is 0 Å². The van der Waals surface area contributed by atoms with Crippen molar-refractivity contribution in [1.29, 1.82) is 0 Å². The van der Waals surface area contributed by atoms with Gasteiger partial charge in [-0.2, -0.15) is 0 Å². The third-order valence-corrected chi connectivity index (χ3v) is 4.56. The van der Waals surface area contributed by atoms with Gasteiger partial charge in [-0.25, -0.2) is 4.98 Å². The molecule has 3 rings (SSSR count). The predicted molar refractivity (Wildman–Crippen MR) is 92.4 cm³/mol. The Hall–Kier alpha value is -1.58. The molecule has 1 aromatic carbocycles. The topological polar surface area (TPSA) is 19.4 Å². The van der Waals surface area contributed by atoms with Gasteiger partial charge in [0.1, 0.15) is 11.0 Å². The lowest BCUT2D eigenvalue weighted by Gasteiger charge is -2.26. The van der Waals surface area contributed by atoms with Gasteiger partial charge in [0.2, 0.25) is 0 Å². The number of hydrogen-bond donors (Lipinski definition) is 0. The van der Waals surface area contributed by atoms with Crippen LogP contribution in [-0.4, -0.2) is 35.6 Å². The Morgan fingerprint density at radius 3 is 2.64 bits per heavy atom. The molecule has 1 aliphatic heterocycles. The van der Waals surface area contributed by atoms with E-state index < -0.39 is 0 Å². The SMILES string of the molecule is CC1CCN(c2cccc(Cl)n2)CCN1Cc1ccccc1. The lowest BCUT2D eigenvalue weighted by atomic mass is 10.1. The van der Waals surface area contributed by atoms with E-state index in [4.69, 9.17) is 11.6 Å². The van der Waals surface area contributed by atoms with Gasteiger partial charge in [-0.1, -0.05) is 48.0 Å². The van der Waals surface area contributed by atoms with E-state index in [1.54, 1.807) is 0 Å². The van der Waals surface area contributed by atoms with Gasteiger partial charge in [-0.3, -0.25) is 4.90 Å². The van der Waals surface area contributed by atoms with Gasteiger partial charge in [0.25, 0.3) is 0 Å². The second-order valence-electron chi connectivity index (χ2n) is 5.90. The van der Waals surface area contributed by atoms with Crippen molar-refractivity contribution in [1.82, 2.24) is 9.88 Å². The van der Waals surface area contributed by atoms with Gasteiger partial charge in [-0.05, 0) is 31.0 Å². The molecule has 0 amide bonds. The lowest BCUT2D eigenvalue weighted by molar-refractivity contribution is 0.212. The average Bonchev–Trinajstić information content (AvgIpc) is 2.71. The first-order valence-electron chi connectivity index (χ1n) is 7.88. The summed E-state index contributed by atoms with van der Waals surface area (Å²) in [6.07, 6.45) is 1.14. The van der Waals surface area contributed by atoms with Gasteiger partial charge in [-0.15, -0.1) is 0 Å². The molecule has 2 aromatic rings. The number of hydrogen-bond acceptors (Lipinski definition) is 3. The van der Waals surface area contributed by atoms with E-state index in [9.17, 15) is 0 Å². The maximum atomic E-state index is 6.02. The molecule has 1 saturated heterocycles. The van der Waals surface area contributed by atoms with Crippen molar-refractivity contribution >= 4 is 17.4 Å². The van der Waals surface area contributed by atoms with Crippen LogP contribution in [0, 0.1) is 0 Å². The van der Waals surface area contributed by atoms with E-state index in [0.717, 1.165) is 38.4 Å². The van der Waals surface area contributed by atoms with E-state index >= 15 is 0 Å². The summed E-state index contributed by atoms with van der Waals surface area (Å²) in [6.45, 7) is 6.39. The predicted octanol–water partition coefficient (Wildman–Crippen LogP) is 3.84. The minimum Gasteiger partial charge on any atom is -0.355 e. The number of rotatable bonds is 3. The normalized spacial score (nSPS) is 19.9. The Kier molecular flexibility index (Phi) is 4.96. The van der Waals surface area contributed by atoms with E-state index in [1.807, 2.05) is 18.2 Å². The average molecular weight is 316 g/mol. The Bertz CT molecular complexity index is 602. The van der Waals surface area contributed by atoms with Gasteiger partial charge >= 0.3 is 0 Å². The number of aromatic nitrogens is 1. The van der Waals surface area contributed by atoms with Crippen molar-refractivity contribution in [2.45, 2.75) is 25.9 Å². The smallest absolute Gasteiger partial charge is 0.131 e. The summed E-state index contributed by atoms with van der Waals surface area (Å²) in [4.78, 5) is 9.34. The second kappa shape index (κ2) is 7.12. The van der Waals surface area contributed by atoms with Crippen molar-refractivity contribution in [3.63, 3.8) is 0 Å². The first-order chi connectivity index (χ1) is 10.7. The Labute approximate surface area is 137 Å². The Balaban J connectivity index is 1.67. The van der Waals surface area contributed by atoms with Crippen LogP contribution in [0.25, 0.3) is 0 Å². The molecular weight excluding hydrogens is 294 g/mol. The fourth-order valence-corrected chi connectivity index (χ4v) is 3.12. The van der Waals surface area contributed by atoms with E-state index in [2.05, 4.69) is 52.0 Å². The highest BCUT2D eigenvalue weighted by atomic mass is 35.5. The van der Waals surface area contributed by atoms with Crippen LogP contribution in [0.1, 0.15) is 18.9 Å². The quantitative estimate of drug-likeness (QED) is 0.802. The maximum Gasteiger partial charge on any atom is 0.131 e. The zero-order chi connectivity index (χ0) is 15.4. The summed E-state index contributed by atoms with van der Waals surface area (Å²) >= 11 is 6.02. The fraction of sp³-hybridized carbons (Fsp3) is 0.389. The third kappa shape index (κ3) is 3.79. The zero-order valence-electron chi connectivity index (χ0n) is 13.0. The van der Waals surface area contributed by atoms with Gasteiger partial charge < -0.3 is 4.90 Å². The minimum atomic E-state index is 0.566. The molecule has 1 fully saturated rings. The molecule has 0 radical (unpaired) electrons. The number of halogens is 1. The number of anilines is 1. The molecule has 22 heavy (non-hydrogen) atoms. The largest absolute Gasteiger partial charge is 0.355 e. The highest BCUT2D eigenvalue weighted by molar-refractivity contribution is 6.29. The van der Waals surface area contributed by atoms with Gasteiger partial charge in [0.05, 0.1) is 0 Å². The van der Waals surface area contributed by atoms with Crippen LogP contribution in [0.2, 0.25) is 5.15 Å². The highest BCUT2D eigenvalue weighted by Gasteiger charge is 2.21. The monoisotopic (exact) mass is 315 g/mol. The highest BCUT2D eigenvalue weighted by Crippen LogP contribution is 2.20. The summed E-state index contributed by atoms with van der Waals surface area (Å²) in [5, 5.41) is 0.566. The molecule has 0 bridgehead atoms. The van der Waals surface area contributed by atoms with Crippen LogP contribution in [0.4, 0.5) is 5.82 Å². The molecule has 2 heterocycles. The summed E-state index contributed by atoms with van der Waals surface area (Å²) < 4.78 is 0. The fourth-order valence-electron chi connectivity index (χ4n) is 2.96. The van der Waals surface area contributed by atoms with Gasteiger partial charge in [0, 0.05) is 32.2 Å². The molecule has 4 heteroatoms. The molecule has 1 unspecified atom stereocenters. The van der Waals surface area contributed by atoms with Crippen LogP contribution in [0.5, 0.6) is 0 Å². The molecule has 0 N–H and O–H groups in total. The molecule has 116 valence electrons. The molecule has 1 aromatic heterocycles. The Morgan fingerprint density at radius 1 is 1.05 bits per heavy atom. The number of pyridine rings is 1. The first kappa shape index (κ1) is 15.3. The molecular formula is C18H22ClN3. The summed E-state index contributed by atoms with van der Waals surface area (Å²) in [7, 11) is 0. The summed E-state index contributed by atoms with van der Waals surface area (Å²) in [6, 6.07) is 17.1. The molecule has 0 saturated carbocycles. The molecule has 1 atom stereocenters. The molecule has 3 nitrogen and oxygen atoms in total. The van der Waals surface area contributed by atoms with Crippen LogP contribution < -0.4 is 4.90 Å². The van der Waals surface area contributed by atoms with Gasteiger partial charge in [0.15, 0.2) is 0 Å². The van der Waals surface area contributed by atoms with Crippen LogP contribution in [-0.2, 0) is 6.54 Å². The van der Waals surface area contributed by atoms with Crippen molar-refractivity contribution in [3.05, 3.63) is 59.2 Å². The number of nitrogens with zero attached hydrogens (tertiary/aromatic N) is 3. The zero-order valence-corrected chi connectivity index (χ0v) is 13.7. The minimum absolute atomic E-state index is 0.566. The Morgan fingerprint density at radius 2 is 1.86 bits per heavy atom. The summed E-state index contributed by atoms with van der Waals surface area (Å²) in [5.41, 5.74) is 1.38. The van der Waals surface area contributed by atoms with Crippen LogP contribution >= 0.6 is 11.6 Å². The molecule has 1 aliphatic rings. The van der Waals surface area contributed by atoms with Crippen LogP contribution in [0.15, 0.2) is 48.5 Å². The van der Waals surface area contributed by atoms with Crippen molar-refractivity contribution < 1.29 is 0 Å². The third-order valence-electron chi connectivity index (χ3n) is 4.35.